The molecule has 1 aliphatic rings. The molecule has 0 aromatic heterocycles. The van der Waals surface area contributed by atoms with E-state index in [4.69, 9.17) is 5.73 Å². The number of sulfonamides is 1. The fraction of sp³-hybridized carbons (Fsp3) is 0.250. The fourth-order valence-corrected chi connectivity index (χ4v) is 7.27. The van der Waals surface area contributed by atoms with Crippen LogP contribution in [0.2, 0.25) is 0 Å². The van der Waals surface area contributed by atoms with Crippen LogP contribution in [0.1, 0.15) is 43.4 Å². The van der Waals surface area contributed by atoms with Crippen LogP contribution < -0.4 is 16.0 Å². The number of anilines is 2. The Balaban J connectivity index is 1.25. The van der Waals surface area contributed by atoms with Gasteiger partial charge in [0.15, 0.2) is 0 Å². The van der Waals surface area contributed by atoms with Crippen LogP contribution in [0, 0.1) is 17.0 Å². The maximum Gasteiger partial charge on any atom is 0.293 e. The van der Waals surface area contributed by atoms with Crippen molar-refractivity contribution >= 4 is 50.8 Å². The van der Waals surface area contributed by atoms with Crippen LogP contribution in [0.3, 0.4) is 0 Å². The van der Waals surface area contributed by atoms with Gasteiger partial charge in [0.25, 0.3) is 15.7 Å². The topological polar surface area (TPSA) is 131 Å². The Labute approximate surface area is 280 Å². The van der Waals surface area contributed by atoms with Gasteiger partial charge in [-0.05, 0) is 93.3 Å². The number of nitrogens with one attached hydrogen (secondary N) is 1. The zero-order valence-electron chi connectivity index (χ0n) is 26.7. The number of hydrogen-bond acceptors (Lipinski definition) is 7. The monoisotopic (exact) mass is 669 g/mol. The molecule has 0 bridgehead atoms. The zero-order valence-corrected chi connectivity index (χ0v) is 28.4. The van der Waals surface area contributed by atoms with E-state index in [9.17, 15) is 18.5 Å². The van der Waals surface area contributed by atoms with Gasteiger partial charge in [-0.3, -0.25) is 10.1 Å². The third-order valence-corrected chi connectivity index (χ3v) is 10.7. The second-order valence-electron chi connectivity index (χ2n) is 12.2. The van der Waals surface area contributed by atoms with Gasteiger partial charge < -0.3 is 16.0 Å². The largest absolute Gasteiger partial charge is 0.383 e. The molecule has 11 heteroatoms. The number of amidine groups is 1. The van der Waals surface area contributed by atoms with E-state index in [1.165, 1.54) is 28.8 Å². The first-order valence-electron chi connectivity index (χ1n) is 15.4. The lowest BCUT2D eigenvalue weighted by molar-refractivity contribution is -0.384. The molecule has 5 rings (SSSR count). The number of nitro benzene ring substituents is 1. The van der Waals surface area contributed by atoms with Crippen LogP contribution in [0.15, 0.2) is 117 Å². The second-order valence-corrected chi connectivity index (χ2v) is 14.8. The van der Waals surface area contributed by atoms with E-state index in [0.29, 0.717) is 11.3 Å². The molecule has 0 radical (unpaired) electrons. The molecule has 9 nitrogen and oxygen atoms in total. The molecule has 1 aliphatic heterocycles. The van der Waals surface area contributed by atoms with Gasteiger partial charge in [0, 0.05) is 46.6 Å². The minimum atomic E-state index is -4.33. The first-order valence-corrected chi connectivity index (χ1v) is 17.8. The van der Waals surface area contributed by atoms with Gasteiger partial charge in [-0.1, -0.05) is 54.1 Å². The highest BCUT2D eigenvalue weighted by molar-refractivity contribution is 7.99. The lowest BCUT2D eigenvalue weighted by Crippen LogP contribution is -2.34. The van der Waals surface area contributed by atoms with Crippen LogP contribution in [0.25, 0.3) is 6.08 Å². The summed E-state index contributed by atoms with van der Waals surface area (Å²) in [5.74, 6) is 0.431. The van der Waals surface area contributed by atoms with Gasteiger partial charge in [-0.25, -0.2) is 0 Å². The van der Waals surface area contributed by atoms with Crippen molar-refractivity contribution in [1.82, 2.24) is 0 Å². The van der Waals surface area contributed by atoms with Crippen molar-refractivity contribution in [2.75, 3.05) is 29.1 Å². The predicted molar refractivity (Wildman–Crippen MR) is 193 cm³/mol. The van der Waals surface area contributed by atoms with E-state index in [1.807, 2.05) is 62.4 Å². The molecule has 4 aromatic rings. The molecule has 0 unspecified atom stereocenters. The number of piperidine rings is 1. The Morgan fingerprint density at radius 2 is 1.66 bits per heavy atom. The quantitative estimate of drug-likeness (QED) is 0.0547. The van der Waals surface area contributed by atoms with Crippen molar-refractivity contribution in [2.24, 2.45) is 10.1 Å². The van der Waals surface area contributed by atoms with E-state index >= 15 is 0 Å². The molecule has 0 saturated carbocycles. The zero-order chi connectivity index (χ0) is 33.6. The first-order chi connectivity index (χ1) is 22.4. The summed E-state index contributed by atoms with van der Waals surface area (Å²) < 4.78 is 30.2. The third kappa shape index (κ3) is 8.81. The molecule has 47 heavy (non-hydrogen) atoms. The third-order valence-electron chi connectivity index (χ3n) is 7.98. The van der Waals surface area contributed by atoms with E-state index < -0.39 is 20.5 Å². The Hall–Kier alpha value is -4.61. The summed E-state index contributed by atoms with van der Waals surface area (Å²) in [4.78, 5) is 14.4. The van der Waals surface area contributed by atoms with Crippen LogP contribution in [-0.4, -0.2) is 43.6 Å². The predicted octanol–water partition coefficient (Wildman–Crippen LogP) is 7.66. The number of nitrogens with zero attached hydrogens (tertiary/aromatic N) is 3. The summed E-state index contributed by atoms with van der Waals surface area (Å²) in [7, 11) is -4.33. The molecule has 1 fully saturated rings. The van der Waals surface area contributed by atoms with Crippen LogP contribution in [-0.2, 0) is 10.0 Å². The Kier molecular flexibility index (Phi) is 10.4. The summed E-state index contributed by atoms with van der Waals surface area (Å²) in [6, 6.07) is 29.2. The number of hydrogen-bond donors (Lipinski definition) is 2. The van der Waals surface area contributed by atoms with Gasteiger partial charge in [-0.15, -0.1) is 16.2 Å². The molecule has 1 heterocycles. The van der Waals surface area contributed by atoms with E-state index in [0.717, 1.165) is 42.6 Å². The molecule has 0 amide bonds. The smallest absolute Gasteiger partial charge is 0.293 e. The number of aryl methyl sites for hydroxylation is 1. The number of thioether (sulfide) groups is 1. The van der Waals surface area contributed by atoms with Crippen molar-refractivity contribution in [3.8, 4) is 0 Å². The molecular formula is C36H39N5O4S2. The van der Waals surface area contributed by atoms with Crippen LogP contribution in [0.5, 0.6) is 0 Å². The average Bonchev–Trinajstić information content (AvgIpc) is 3.05. The van der Waals surface area contributed by atoms with Crippen molar-refractivity contribution in [2.45, 2.75) is 48.9 Å². The molecule has 0 atom stereocenters. The summed E-state index contributed by atoms with van der Waals surface area (Å²) in [6.07, 6.45) is 4.21. The lowest BCUT2D eigenvalue weighted by Gasteiger charge is -2.30. The maximum absolute atomic E-state index is 13.2. The van der Waals surface area contributed by atoms with Crippen LogP contribution in [0.4, 0.5) is 17.1 Å². The van der Waals surface area contributed by atoms with Crippen molar-refractivity contribution in [1.29, 1.82) is 0 Å². The lowest BCUT2D eigenvalue weighted by atomic mass is 9.98. The molecule has 0 aliphatic carbocycles. The Morgan fingerprint density at radius 3 is 2.32 bits per heavy atom. The minimum Gasteiger partial charge on any atom is -0.383 e. The fourth-order valence-electron chi connectivity index (χ4n) is 5.35. The van der Waals surface area contributed by atoms with E-state index in [-0.39, 0.29) is 22.1 Å². The van der Waals surface area contributed by atoms with Gasteiger partial charge in [0.2, 0.25) is 0 Å². The SMILES string of the molecule is Cc1ccccc1C=C1CCN(c2ccc(/C(N)=N\S(=O)(=O)c3ccc(NC(C)(C)CSc4ccccc4)c([N+](=O)[O-])c3)cc2)CC1. The summed E-state index contributed by atoms with van der Waals surface area (Å²) in [5, 5.41) is 15.2. The molecule has 1 saturated heterocycles. The van der Waals surface area contributed by atoms with Crippen molar-refractivity contribution in [3.05, 3.63) is 129 Å². The number of nitrogens with two attached hydrogens (primary N) is 1. The highest BCUT2D eigenvalue weighted by atomic mass is 32.2. The summed E-state index contributed by atoms with van der Waals surface area (Å²) in [5.41, 5.74) is 10.9. The van der Waals surface area contributed by atoms with Gasteiger partial charge >= 0.3 is 0 Å². The van der Waals surface area contributed by atoms with Crippen molar-refractivity contribution < 1.29 is 13.3 Å². The maximum atomic E-state index is 13.2. The molecule has 244 valence electrons. The molecular weight excluding hydrogens is 631 g/mol. The Morgan fingerprint density at radius 1 is 1.00 bits per heavy atom. The molecule has 4 aromatic carbocycles. The highest BCUT2D eigenvalue weighted by Gasteiger charge is 2.26. The molecule has 0 spiro atoms. The second kappa shape index (κ2) is 14.4. The standard InChI is InChI=1S/C36H39N5O4S2/c1-26-9-7-8-10-29(26)23-27-19-21-40(22-20-27)30-15-13-28(14-16-30)35(37)39-47(44,45)32-17-18-33(34(24-32)41(42)43)38-36(2,3)25-46-31-11-5-4-6-12-31/h4-18,23-24,38H,19-22,25H2,1-3H3,(H2,37,39). The molecule has 3 N–H and O–H groups in total. The van der Waals surface area contributed by atoms with Gasteiger partial charge in [-0.2, -0.15) is 8.42 Å². The van der Waals surface area contributed by atoms with Gasteiger partial charge in [0.1, 0.15) is 11.5 Å². The average molecular weight is 670 g/mol. The number of rotatable bonds is 11. The first kappa shape index (κ1) is 33.7. The normalized spacial score (nSPS) is 14.1. The Bertz CT molecular complexity index is 1900. The van der Waals surface area contributed by atoms with E-state index in [1.54, 1.807) is 23.9 Å². The minimum absolute atomic E-state index is 0.192. The summed E-state index contributed by atoms with van der Waals surface area (Å²) in [6.45, 7) is 7.74. The number of nitro groups is 1. The van der Waals surface area contributed by atoms with Crippen molar-refractivity contribution in [3.63, 3.8) is 0 Å². The van der Waals surface area contributed by atoms with E-state index in [2.05, 4.69) is 45.8 Å². The number of benzene rings is 4. The highest BCUT2D eigenvalue weighted by Crippen LogP contribution is 2.33. The summed E-state index contributed by atoms with van der Waals surface area (Å²) >= 11 is 1.62. The van der Waals surface area contributed by atoms with Crippen LogP contribution >= 0.6 is 11.8 Å². The van der Waals surface area contributed by atoms with Gasteiger partial charge in [0.05, 0.1) is 9.82 Å².